The molecule has 1 rings (SSSR count). The maximum absolute atomic E-state index is 13.1. The van der Waals surface area contributed by atoms with Crippen molar-refractivity contribution in [1.29, 1.82) is 0 Å². The van der Waals surface area contributed by atoms with Gasteiger partial charge in [0.1, 0.15) is 16.7 Å². The predicted molar refractivity (Wildman–Crippen MR) is 182 cm³/mol. The molecule has 0 saturated heterocycles. The minimum Gasteiger partial charge on any atom is -0.507 e. The number of phenols is 1. The standard InChI is InChI=1S/C37H66O3S/c1-10-12-13-14-15-16-17-18-19-20-21-22-23-24-25-26-27-41-29(3)35(39)40-32-28-31(36(4,5)6)34(38)33(30(32)11-2)37(7,8)9/h28-29,38H,10-27H2,1-9H3. The van der Waals surface area contributed by atoms with Crippen molar-refractivity contribution in [3.8, 4) is 11.5 Å². The van der Waals surface area contributed by atoms with Crippen LogP contribution in [0.25, 0.3) is 0 Å². The molecule has 0 fully saturated rings. The van der Waals surface area contributed by atoms with Crippen molar-refractivity contribution in [3.63, 3.8) is 0 Å². The maximum Gasteiger partial charge on any atom is 0.324 e. The molecular weight excluding hydrogens is 524 g/mol. The Labute approximate surface area is 259 Å². The Balaban J connectivity index is 2.35. The van der Waals surface area contributed by atoms with Crippen LogP contribution in [0.4, 0.5) is 0 Å². The second-order valence-electron chi connectivity index (χ2n) is 14.2. The largest absolute Gasteiger partial charge is 0.507 e. The third-order valence-corrected chi connectivity index (χ3v) is 9.40. The van der Waals surface area contributed by atoms with Crippen molar-refractivity contribution in [2.75, 3.05) is 5.75 Å². The van der Waals surface area contributed by atoms with E-state index in [0.717, 1.165) is 28.9 Å². The number of carbonyl (C=O) groups excluding carboxylic acids is 1. The van der Waals surface area contributed by atoms with Crippen LogP contribution >= 0.6 is 11.8 Å². The smallest absolute Gasteiger partial charge is 0.324 e. The molecule has 0 amide bonds. The van der Waals surface area contributed by atoms with Crippen LogP contribution in [-0.2, 0) is 22.0 Å². The molecular formula is C37H66O3S. The monoisotopic (exact) mass is 590 g/mol. The SMILES string of the molecule is CCCCCCCCCCCCCCCCCCSC(C)C(=O)Oc1cc(C(C)(C)C)c(O)c(C(C)(C)C)c1CC. The van der Waals surface area contributed by atoms with Crippen LogP contribution in [0, 0.1) is 0 Å². The summed E-state index contributed by atoms with van der Waals surface area (Å²) in [4.78, 5) is 13.1. The van der Waals surface area contributed by atoms with Gasteiger partial charge in [0.2, 0.25) is 0 Å². The molecule has 0 spiro atoms. The molecule has 0 aliphatic rings. The molecule has 0 bridgehead atoms. The maximum atomic E-state index is 13.1. The Morgan fingerprint density at radius 3 is 1.59 bits per heavy atom. The van der Waals surface area contributed by atoms with Gasteiger partial charge in [-0.3, -0.25) is 4.79 Å². The van der Waals surface area contributed by atoms with Gasteiger partial charge in [0.25, 0.3) is 0 Å². The number of phenolic OH excluding ortho intramolecular Hbond substituents is 1. The van der Waals surface area contributed by atoms with Gasteiger partial charge in [-0.1, -0.05) is 152 Å². The molecule has 1 aromatic rings. The summed E-state index contributed by atoms with van der Waals surface area (Å²) in [7, 11) is 0. The average molecular weight is 591 g/mol. The van der Waals surface area contributed by atoms with Crippen LogP contribution in [0.2, 0.25) is 0 Å². The summed E-state index contributed by atoms with van der Waals surface area (Å²) >= 11 is 1.70. The zero-order chi connectivity index (χ0) is 30.9. The molecule has 1 atom stereocenters. The molecule has 0 saturated carbocycles. The van der Waals surface area contributed by atoms with Gasteiger partial charge in [-0.05, 0) is 42.4 Å². The highest BCUT2D eigenvalue weighted by Crippen LogP contribution is 2.45. The molecule has 3 nitrogen and oxygen atoms in total. The Morgan fingerprint density at radius 2 is 1.20 bits per heavy atom. The molecule has 1 N–H and O–H groups in total. The molecule has 4 heteroatoms. The summed E-state index contributed by atoms with van der Waals surface area (Å²) in [5, 5.41) is 11.0. The van der Waals surface area contributed by atoms with Gasteiger partial charge in [0.15, 0.2) is 0 Å². The van der Waals surface area contributed by atoms with Gasteiger partial charge in [0, 0.05) is 16.7 Å². The molecule has 238 valence electrons. The number of aromatic hydroxyl groups is 1. The molecule has 0 radical (unpaired) electrons. The van der Waals surface area contributed by atoms with Crippen molar-refractivity contribution in [2.24, 2.45) is 0 Å². The summed E-state index contributed by atoms with van der Waals surface area (Å²) in [6.45, 7) is 18.9. The molecule has 0 aromatic heterocycles. The number of ether oxygens (including phenoxy) is 1. The lowest BCUT2D eigenvalue weighted by atomic mass is 9.76. The summed E-state index contributed by atoms with van der Waals surface area (Å²) in [6.07, 6.45) is 22.7. The lowest BCUT2D eigenvalue weighted by Gasteiger charge is -2.31. The summed E-state index contributed by atoms with van der Waals surface area (Å²) < 4.78 is 6.04. The number of benzene rings is 1. The van der Waals surface area contributed by atoms with E-state index in [1.165, 1.54) is 96.3 Å². The van der Waals surface area contributed by atoms with E-state index in [1.807, 2.05) is 13.0 Å². The molecule has 0 aliphatic heterocycles. The van der Waals surface area contributed by atoms with Gasteiger partial charge >= 0.3 is 5.97 Å². The van der Waals surface area contributed by atoms with E-state index < -0.39 is 0 Å². The highest BCUT2D eigenvalue weighted by atomic mass is 32.2. The Hall–Kier alpha value is -1.16. The number of unbranched alkanes of at least 4 members (excludes halogenated alkanes) is 15. The third-order valence-electron chi connectivity index (χ3n) is 8.19. The van der Waals surface area contributed by atoms with Gasteiger partial charge in [-0.2, -0.15) is 0 Å². The van der Waals surface area contributed by atoms with E-state index in [9.17, 15) is 9.90 Å². The molecule has 1 unspecified atom stereocenters. The Kier molecular flexibility index (Phi) is 18.4. The first-order valence-corrected chi connectivity index (χ1v) is 18.1. The second-order valence-corrected chi connectivity index (χ2v) is 15.7. The second kappa shape index (κ2) is 19.9. The molecule has 1 aromatic carbocycles. The van der Waals surface area contributed by atoms with E-state index in [0.29, 0.717) is 17.9 Å². The summed E-state index contributed by atoms with van der Waals surface area (Å²) in [5.74, 6) is 1.75. The van der Waals surface area contributed by atoms with Crippen LogP contribution < -0.4 is 4.74 Å². The number of thioether (sulfide) groups is 1. The normalized spacial score (nSPS) is 13.0. The van der Waals surface area contributed by atoms with Gasteiger partial charge in [-0.25, -0.2) is 0 Å². The molecule has 0 aliphatic carbocycles. The fourth-order valence-electron chi connectivity index (χ4n) is 5.68. The van der Waals surface area contributed by atoms with E-state index in [1.54, 1.807) is 11.8 Å². The number of carbonyl (C=O) groups is 1. The highest BCUT2D eigenvalue weighted by molar-refractivity contribution is 8.00. The van der Waals surface area contributed by atoms with E-state index in [-0.39, 0.29) is 22.0 Å². The topological polar surface area (TPSA) is 46.5 Å². The van der Waals surface area contributed by atoms with Crippen LogP contribution in [0.3, 0.4) is 0 Å². The predicted octanol–water partition coefficient (Wildman–Crippen LogP) is 11.8. The molecule has 41 heavy (non-hydrogen) atoms. The van der Waals surface area contributed by atoms with Gasteiger partial charge in [0.05, 0.1) is 0 Å². The lowest BCUT2D eigenvalue weighted by Crippen LogP contribution is -2.24. The van der Waals surface area contributed by atoms with Crippen LogP contribution in [0.5, 0.6) is 11.5 Å². The zero-order valence-electron chi connectivity index (χ0n) is 28.6. The minimum atomic E-state index is -0.259. The Morgan fingerprint density at radius 1 is 0.756 bits per heavy atom. The van der Waals surface area contributed by atoms with Gasteiger partial charge in [-0.15, -0.1) is 11.8 Å². The first-order valence-electron chi connectivity index (χ1n) is 17.1. The fraction of sp³-hybridized carbons (Fsp3) is 0.811. The first kappa shape index (κ1) is 37.9. The zero-order valence-corrected chi connectivity index (χ0v) is 29.4. The van der Waals surface area contributed by atoms with E-state index in [4.69, 9.17) is 4.74 Å². The summed E-state index contributed by atoms with van der Waals surface area (Å²) in [6, 6.07) is 1.90. The van der Waals surface area contributed by atoms with Crippen molar-refractivity contribution in [2.45, 2.75) is 188 Å². The third kappa shape index (κ3) is 14.7. The van der Waals surface area contributed by atoms with Crippen molar-refractivity contribution >= 4 is 17.7 Å². The number of esters is 1. The number of hydrogen-bond acceptors (Lipinski definition) is 4. The highest BCUT2D eigenvalue weighted by Gasteiger charge is 2.31. The van der Waals surface area contributed by atoms with Crippen LogP contribution in [0.1, 0.15) is 182 Å². The van der Waals surface area contributed by atoms with Crippen LogP contribution in [0.15, 0.2) is 6.07 Å². The van der Waals surface area contributed by atoms with Crippen molar-refractivity contribution in [3.05, 3.63) is 22.8 Å². The number of rotatable bonds is 21. The average Bonchev–Trinajstić information content (AvgIpc) is 2.89. The van der Waals surface area contributed by atoms with Crippen molar-refractivity contribution in [1.82, 2.24) is 0 Å². The minimum absolute atomic E-state index is 0.188. The van der Waals surface area contributed by atoms with E-state index in [2.05, 4.69) is 55.4 Å². The lowest BCUT2D eigenvalue weighted by molar-refractivity contribution is -0.133. The Bertz CT molecular complexity index is 862. The molecule has 0 heterocycles. The quantitative estimate of drug-likeness (QED) is 0.0878. The number of hydrogen-bond donors (Lipinski definition) is 1. The summed E-state index contributed by atoms with van der Waals surface area (Å²) in [5.41, 5.74) is 2.14. The van der Waals surface area contributed by atoms with Crippen LogP contribution in [-0.4, -0.2) is 22.1 Å². The van der Waals surface area contributed by atoms with E-state index >= 15 is 0 Å². The first-order chi connectivity index (χ1) is 19.3. The van der Waals surface area contributed by atoms with Gasteiger partial charge < -0.3 is 9.84 Å². The fourth-order valence-corrected chi connectivity index (χ4v) is 6.59. The van der Waals surface area contributed by atoms with Crippen molar-refractivity contribution < 1.29 is 14.6 Å².